The molecule has 0 saturated carbocycles. The van der Waals surface area contributed by atoms with Gasteiger partial charge in [0.15, 0.2) is 0 Å². The fourth-order valence-corrected chi connectivity index (χ4v) is 3.94. The number of hydrogen-bond acceptors (Lipinski definition) is 2. The molecule has 24 heavy (non-hydrogen) atoms. The van der Waals surface area contributed by atoms with E-state index in [2.05, 4.69) is 23.5 Å². The van der Waals surface area contributed by atoms with Crippen molar-refractivity contribution in [3.63, 3.8) is 0 Å². The molecule has 4 heteroatoms. The minimum Gasteiger partial charge on any atom is -0.394 e. The number of nitrogens with zero attached hydrogens (tertiary/aromatic N) is 1. The van der Waals surface area contributed by atoms with Crippen LogP contribution in [0.4, 0.5) is 10.5 Å². The van der Waals surface area contributed by atoms with Crippen molar-refractivity contribution in [2.75, 3.05) is 18.5 Å². The van der Waals surface area contributed by atoms with Gasteiger partial charge < -0.3 is 15.3 Å². The number of carbonyl (C=O) groups is 1. The summed E-state index contributed by atoms with van der Waals surface area (Å²) in [5.41, 5.74) is 5.85. The maximum atomic E-state index is 12.8. The number of nitrogens with one attached hydrogen (secondary N) is 1. The Morgan fingerprint density at radius 3 is 2.79 bits per heavy atom. The average molecular weight is 322 g/mol. The zero-order valence-corrected chi connectivity index (χ0v) is 13.7. The molecule has 4 rings (SSSR count). The molecule has 0 fully saturated rings. The van der Waals surface area contributed by atoms with E-state index in [1.807, 2.05) is 24.3 Å². The predicted molar refractivity (Wildman–Crippen MR) is 94.2 cm³/mol. The molecule has 1 heterocycles. The number of fused-ring (bicyclic) bond motifs is 2. The Labute approximate surface area is 142 Å². The number of anilines is 1. The van der Waals surface area contributed by atoms with Crippen LogP contribution in [0.3, 0.4) is 0 Å². The van der Waals surface area contributed by atoms with Gasteiger partial charge in [0.2, 0.25) is 0 Å². The molecule has 2 aromatic carbocycles. The Morgan fingerprint density at radius 1 is 1.08 bits per heavy atom. The van der Waals surface area contributed by atoms with Gasteiger partial charge in [0.05, 0.1) is 12.6 Å². The van der Waals surface area contributed by atoms with Crippen LogP contribution in [0.5, 0.6) is 0 Å². The molecule has 2 N–H and O–H groups in total. The van der Waals surface area contributed by atoms with Crippen LogP contribution in [0, 0.1) is 0 Å². The van der Waals surface area contributed by atoms with E-state index in [0.717, 1.165) is 30.5 Å². The fourth-order valence-electron chi connectivity index (χ4n) is 3.94. The van der Waals surface area contributed by atoms with Crippen LogP contribution < -0.4 is 5.32 Å². The lowest BCUT2D eigenvalue weighted by molar-refractivity contribution is 0.135. The summed E-state index contributed by atoms with van der Waals surface area (Å²) >= 11 is 0. The topological polar surface area (TPSA) is 52.6 Å². The SMILES string of the molecule is O=C(Nc1ccc2c(c1)CCC2)N1CCc2ccccc2C1CO. The maximum absolute atomic E-state index is 12.8. The molecule has 0 radical (unpaired) electrons. The second-order valence-electron chi connectivity index (χ2n) is 6.61. The molecule has 2 amide bonds. The zero-order chi connectivity index (χ0) is 16.5. The van der Waals surface area contributed by atoms with Crippen LogP contribution in [-0.2, 0) is 19.3 Å². The van der Waals surface area contributed by atoms with Gasteiger partial charge in [-0.2, -0.15) is 0 Å². The van der Waals surface area contributed by atoms with Gasteiger partial charge in [-0.15, -0.1) is 0 Å². The van der Waals surface area contributed by atoms with Gasteiger partial charge in [-0.1, -0.05) is 30.3 Å². The Hall–Kier alpha value is -2.33. The number of aliphatic hydroxyl groups is 1. The largest absolute Gasteiger partial charge is 0.394 e. The van der Waals surface area contributed by atoms with E-state index in [9.17, 15) is 9.90 Å². The van der Waals surface area contributed by atoms with Crippen molar-refractivity contribution in [3.05, 3.63) is 64.7 Å². The molecule has 1 atom stereocenters. The number of hydrogen-bond donors (Lipinski definition) is 2. The van der Waals surface area contributed by atoms with Crippen molar-refractivity contribution in [1.82, 2.24) is 4.90 Å². The molecule has 4 nitrogen and oxygen atoms in total. The first-order valence-electron chi connectivity index (χ1n) is 8.64. The first-order valence-corrected chi connectivity index (χ1v) is 8.64. The van der Waals surface area contributed by atoms with Crippen LogP contribution in [0.25, 0.3) is 0 Å². The summed E-state index contributed by atoms with van der Waals surface area (Å²) in [5, 5.41) is 12.8. The number of urea groups is 1. The van der Waals surface area contributed by atoms with Crippen LogP contribution in [0.2, 0.25) is 0 Å². The second kappa shape index (κ2) is 6.29. The van der Waals surface area contributed by atoms with Crippen LogP contribution in [-0.4, -0.2) is 29.2 Å². The van der Waals surface area contributed by atoms with Crippen molar-refractivity contribution in [2.45, 2.75) is 31.7 Å². The molecular formula is C20H22N2O2. The average Bonchev–Trinajstić information content (AvgIpc) is 3.08. The van der Waals surface area contributed by atoms with E-state index in [1.165, 1.54) is 23.1 Å². The molecule has 0 spiro atoms. The molecule has 1 aliphatic heterocycles. The van der Waals surface area contributed by atoms with Crippen LogP contribution in [0.15, 0.2) is 42.5 Å². The standard InChI is InChI=1S/C20H22N2O2/c23-13-19-18-7-2-1-4-15(18)10-11-22(19)20(24)21-17-9-8-14-5-3-6-16(14)12-17/h1-2,4,7-9,12,19,23H,3,5-6,10-11,13H2,(H,21,24). The summed E-state index contributed by atoms with van der Waals surface area (Å²) in [5.74, 6) is 0. The normalized spacial score (nSPS) is 18.9. The molecule has 2 aromatic rings. The molecule has 0 bridgehead atoms. The predicted octanol–water partition coefficient (Wildman–Crippen LogP) is 3.30. The Kier molecular flexibility index (Phi) is 3.98. The molecular weight excluding hydrogens is 300 g/mol. The fraction of sp³-hybridized carbons (Fsp3) is 0.350. The highest BCUT2D eigenvalue weighted by Crippen LogP contribution is 2.30. The first kappa shape index (κ1) is 15.2. The third-order valence-corrected chi connectivity index (χ3v) is 5.20. The summed E-state index contributed by atoms with van der Waals surface area (Å²) in [7, 11) is 0. The van der Waals surface area contributed by atoms with Crippen molar-refractivity contribution < 1.29 is 9.90 Å². The Bertz CT molecular complexity index is 772. The van der Waals surface area contributed by atoms with E-state index < -0.39 is 0 Å². The molecule has 0 aromatic heterocycles. The monoisotopic (exact) mass is 322 g/mol. The van der Waals surface area contributed by atoms with E-state index in [-0.39, 0.29) is 18.7 Å². The highest BCUT2D eigenvalue weighted by atomic mass is 16.3. The third-order valence-electron chi connectivity index (χ3n) is 5.20. The summed E-state index contributed by atoms with van der Waals surface area (Å²) in [4.78, 5) is 14.5. The highest BCUT2D eigenvalue weighted by Gasteiger charge is 2.30. The van der Waals surface area contributed by atoms with Crippen molar-refractivity contribution in [3.8, 4) is 0 Å². The lowest BCUT2D eigenvalue weighted by atomic mass is 9.93. The van der Waals surface area contributed by atoms with E-state index in [4.69, 9.17) is 0 Å². The number of carbonyl (C=O) groups excluding carboxylic acids is 1. The summed E-state index contributed by atoms with van der Waals surface area (Å²) in [6.07, 6.45) is 4.25. The minimum absolute atomic E-state index is 0.0609. The summed E-state index contributed by atoms with van der Waals surface area (Å²) in [6.45, 7) is 0.563. The summed E-state index contributed by atoms with van der Waals surface area (Å²) in [6, 6.07) is 13.8. The van der Waals surface area contributed by atoms with Crippen LogP contribution >= 0.6 is 0 Å². The van der Waals surface area contributed by atoms with Gasteiger partial charge in [-0.25, -0.2) is 4.79 Å². The quantitative estimate of drug-likeness (QED) is 0.891. The number of aliphatic hydroxyl groups excluding tert-OH is 1. The lowest BCUT2D eigenvalue weighted by Crippen LogP contribution is -2.43. The molecule has 1 aliphatic carbocycles. The Morgan fingerprint density at radius 2 is 1.92 bits per heavy atom. The molecule has 2 aliphatic rings. The maximum Gasteiger partial charge on any atom is 0.322 e. The van der Waals surface area contributed by atoms with Crippen molar-refractivity contribution >= 4 is 11.7 Å². The van der Waals surface area contributed by atoms with Gasteiger partial charge in [-0.05, 0) is 60.1 Å². The second-order valence-corrected chi connectivity index (χ2v) is 6.61. The van der Waals surface area contributed by atoms with E-state index in [1.54, 1.807) is 4.90 Å². The zero-order valence-electron chi connectivity index (χ0n) is 13.7. The van der Waals surface area contributed by atoms with E-state index in [0.29, 0.717) is 6.54 Å². The molecule has 1 unspecified atom stereocenters. The van der Waals surface area contributed by atoms with Crippen molar-refractivity contribution in [2.24, 2.45) is 0 Å². The minimum atomic E-state index is -0.274. The van der Waals surface area contributed by atoms with Gasteiger partial charge in [0.1, 0.15) is 0 Å². The highest BCUT2D eigenvalue weighted by molar-refractivity contribution is 5.90. The number of rotatable bonds is 2. The lowest BCUT2D eigenvalue weighted by Gasteiger charge is -2.36. The van der Waals surface area contributed by atoms with Crippen molar-refractivity contribution in [1.29, 1.82) is 0 Å². The third kappa shape index (κ3) is 2.67. The molecule has 124 valence electrons. The Balaban J connectivity index is 1.54. The summed E-state index contributed by atoms with van der Waals surface area (Å²) < 4.78 is 0. The van der Waals surface area contributed by atoms with Gasteiger partial charge in [0.25, 0.3) is 0 Å². The van der Waals surface area contributed by atoms with Gasteiger partial charge >= 0.3 is 6.03 Å². The smallest absolute Gasteiger partial charge is 0.322 e. The number of aryl methyl sites for hydroxylation is 2. The first-order chi connectivity index (χ1) is 11.8. The van der Waals surface area contributed by atoms with Crippen LogP contribution in [0.1, 0.15) is 34.7 Å². The van der Waals surface area contributed by atoms with Gasteiger partial charge in [0, 0.05) is 12.2 Å². The number of benzene rings is 2. The van der Waals surface area contributed by atoms with Gasteiger partial charge in [-0.3, -0.25) is 0 Å². The number of amides is 2. The van der Waals surface area contributed by atoms with E-state index >= 15 is 0 Å². The molecule has 0 saturated heterocycles.